The molecular weight excluding hydrogens is 198 g/mol. The molecule has 16 heavy (non-hydrogen) atoms. The number of hydrogen-bond acceptors (Lipinski definition) is 2. The van der Waals surface area contributed by atoms with Crippen LogP contribution in [0.15, 0.2) is 0 Å². The Labute approximate surface area is 100 Å². The fourth-order valence-electron chi connectivity index (χ4n) is 2.57. The van der Waals surface area contributed by atoms with Crippen LogP contribution in [0.25, 0.3) is 0 Å². The highest BCUT2D eigenvalue weighted by Crippen LogP contribution is 2.37. The van der Waals surface area contributed by atoms with Gasteiger partial charge in [-0.3, -0.25) is 0 Å². The predicted molar refractivity (Wildman–Crippen MR) is 68.3 cm³/mol. The lowest BCUT2D eigenvalue weighted by atomic mass is 9.93. The minimum atomic E-state index is -0.106. The number of hydrogen-bond donors (Lipinski definition) is 1. The molecule has 2 atom stereocenters. The molecule has 0 radical (unpaired) electrons. The number of nitrogens with one attached hydrogen (secondary N) is 1. The van der Waals surface area contributed by atoms with Crippen molar-refractivity contribution in [2.45, 2.75) is 77.2 Å². The quantitative estimate of drug-likeness (QED) is 0.740. The van der Waals surface area contributed by atoms with Crippen LogP contribution in [-0.4, -0.2) is 23.3 Å². The van der Waals surface area contributed by atoms with E-state index in [-0.39, 0.29) is 11.2 Å². The highest BCUT2D eigenvalue weighted by atomic mass is 16.5. The van der Waals surface area contributed by atoms with Crippen LogP contribution < -0.4 is 5.32 Å². The molecule has 2 nitrogen and oxygen atoms in total. The van der Waals surface area contributed by atoms with Crippen molar-refractivity contribution in [1.29, 1.82) is 0 Å². The summed E-state index contributed by atoms with van der Waals surface area (Å²) in [7, 11) is 0. The lowest BCUT2D eigenvalue weighted by Crippen LogP contribution is -2.47. The first kappa shape index (κ1) is 13.5. The zero-order valence-corrected chi connectivity index (χ0v) is 11.3. The average molecular weight is 223 g/mol. The molecule has 2 heteroatoms. The second-order valence-corrected chi connectivity index (χ2v) is 5.90. The minimum absolute atomic E-state index is 0.0321. The predicted octanol–water partition coefficient (Wildman–Crippen LogP) is 2.72. The Morgan fingerprint density at radius 3 is 2.44 bits per heavy atom. The normalized spacial score (nSPS) is 28.6. The van der Waals surface area contributed by atoms with E-state index in [2.05, 4.69) is 45.9 Å². The van der Waals surface area contributed by atoms with Gasteiger partial charge in [0.1, 0.15) is 0 Å². The maximum absolute atomic E-state index is 6.06. The van der Waals surface area contributed by atoms with Gasteiger partial charge < -0.3 is 10.1 Å². The first-order chi connectivity index (χ1) is 7.30. The number of terminal acetylenes is 1. The molecule has 0 aromatic heterocycles. The van der Waals surface area contributed by atoms with E-state index in [9.17, 15) is 0 Å². The second-order valence-electron chi connectivity index (χ2n) is 5.90. The van der Waals surface area contributed by atoms with Crippen molar-refractivity contribution in [2.75, 3.05) is 0 Å². The van der Waals surface area contributed by atoms with Gasteiger partial charge in [-0.25, -0.2) is 0 Å². The molecule has 1 N–H and O–H groups in total. The number of ether oxygens (including phenoxy) is 1. The van der Waals surface area contributed by atoms with Gasteiger partial charge in [0.05, 0.1) is 11.2 Å². The molecule has 1 fully saturated rings. The summed E-state index contributed by atoms with van der Waals surface area (Å²) in [5, 5.41) is 3.64. The molecule has 0 spiro atoms. The van der Waals surface area contributed by atoms with Gasteiger partial charge in [0.2, 0.25) is 0 Å². The molecule has 2 unspecified atom stereocenters. The van der Waals surface area contributed by atoms with E-state index in [0.29, 0.717) is 12.1 Å². The Balaban J connectivity index is 2.64. The van der Waals surface area contributed by atoms with Gasteiger partial charge in [0.15, 0.2) is 0 Å². The van der Waals surface area contributed by atoms with Gasteiger partial charge in [-0.1, -0.05) is 6.92 Å². The molecule has 0 aromatic carbocycles. The fourth-order valence-corrected chi connectivity index (χ4v) is 2.57. The molecule has 1 heterocycles. The highest BCUT2D eigenvalue weighted by Gasteiger charge is 2.46. The van der Waals surface area contributed by atoms with Gasteiger partial charge in [0, 0.05) is 18.5 Å². The zero-order valence-electron chi connectivity index (χ0n) is 11.3. The Morgan fingerprint density at radius 1 is 1.44 bits per heavy atom. The summed E-state index contributed by atoms with van der Waals surface area (Å²) in [6, 6.07) is 0.799. The van der Waals surface area contributed by atoms with Crippen LogP contribution in [0.1, 0.15) is 53.9 Å². The smallest absolute Gasteiger partial charge is 0.0787 e. The van der Waals surface area contributed by atoms with E-state index in [1.165, 1.54) is 0 Å². The molecule has 1 aliphatic rings. The van der Waals surface area contributed by atoms with Crippen molar-refractivity contribution in [1.82, 2.24) is 5.32 Å². The van der Waals surface area contributed by atoms with Gasteiger partial charge in [0.25, 0.3) is 0 Å². The van der Waals surface area contributed by atoms with Crippen molar-refractivity contribution < 1.29 is 4.74 Å². The average Bonchev–Trinajstić information content (AvgIpc) is 2.33. The maximum atomic E-state index is 6.06. The molecule has 0 aliphatic carbocycles. The van der Waals surface area contributed by atoms with Gasteiger partial charge in [-0.15, -0.1) is 12.3 Å². The molecule has 0 saturated carbocycles. The molecule has 1 aliphatic heterocycles. The fraction of sp³-hybridized carbons (Fsp3) is 0.857. The van der Waals surface area contributed by atoms with Crippen LogP contribution in [-0.2, 0) is 4.74 Å². The van der Waals surface area contributed by atoms with Crippen molar-refractivity contribution in [2.24, 2.45) is 0 Å². The van der Waals surface area contributed by atoms with Crippen LogP contribution in [0.5, 0.6) is 0 Å². The van der Waals surface area contributed by atoms with Crippen molar-refractivity contribution in [3.8, 4) is 12.3 Å². The van der Waals surface area contributed by atoms with Gasteiger partial charge in [-0.2, -0.15) is 0 Å². The molecule has 0 aromatic rings. The Morgan fingerprint density at radius 2 is 2.06 bits per heavy atom. The van der Waals surface area contributed by atoms with Crippen LogP contribution in [0.2, 0.25) is 0 Å². The van der Waals surface area contributed by atoms with E-state index in [4.69, 9.17) is 11.2 Å². The van der Waals surface area contributed by atoms with Crippen molar-refractivity contribution in [3.63, 3.8) is 0 Å². The van der Waals surface area contributed by atoms with E-state index < -0.39 is 0 Å². The summed E-state index contributed by atoms with van der Waals surface area (Å²) in [5.41, 5.74) is -0.138. The van der Waals surface area contributed by atoms with Crippen LogP contribution >= 0.6 is 0 Å². The third-order valence-corrected chi connectivity index (χ3v) is 3.37. The van der Waals surface area contributed by atoms with Crippen LogP contribution in [0.3, 0.4) is 0 Å². The van der Waals surface area contributed by atoms with Gasteiger partial charge in [-0.05, 0) is 40.5 Å². The van der Waals surface area contributed by atoms with Gasteiger partial charge >= 0.3 is 0 Å². The Bertz CT molecular complexity index is 275. The lowest BCUT2D eigenvalue weighted by Gasteiger charge is -2.30. The first-order valence-electron chi connectivity index (χ1n) is 6.20. The Kier molecular flexibility index (Phi) is 4.04. The Hall–Kier alpha value is -0.520. The molecular formula is C14H25NO. The summed E-state index contributed by atoms with van der Waals surface area (Å²) in [4.78, 5) is 0. The van der Waals surface area contributed by atoms with E-state index >= 15 is 0 Å². The summed E-state index contributed by atoms with van der Waals surface area (Å²) >= 11 is 0. The standard InChI is InChI=1S/C14H25NO/c1-7-9-11(8-2)15-12-10-13(3,4)16-14(12,5)6/h1,11-12,15H,8-10H2,2-6H3. The molecule has 0 bridgehead atoms. The van der Waals surface area contributed by atoms with E-state index in [1.807, 2.05) is 0 Å². The summed E-state index contributed by atoms with van der Waals surface area (Å²) < 4.78 is 6.06. The number of rotatable bonds is 4. The summed E-state index contributed by atoms with van der Waals surface area (Å²) in [6.45, 7) is 10.8. The topological polar surface area (TPSA) is 21.3 Å². The van der Waals surface area contributed by atoms with Crippen molar-refractivity contribution >= 4 is 0 Å². The SMILES string of the molecule is C#CCC(CC)NC1CC(C)(C)OC1(C)C. The molecule has 1 saturated heterocycles. The monoisotopic (exact) mass is 223 g/mol. The lowest BCUT2D eigenvalue weighted by molar-refractivity contribution is -0.0704. The molecule has 0 amide bonds. The second kappa shape index (κ2) is 4.77. The first-order valence-corrected chi connectivity index (χ1v) is 6.20. The van der Waals surface area contributed by atoms with Crippen LogP contribution in [0.4, 0.5) is 0 Å². The third-order valence-electron chi connectivity index (χ3n) is 3.37. The van der Waals surface area contributed by atoms with E-state index in [0.717, 1.165) is 19.3 Å². The third kappa shape index (κ3) is 3.23. The largest absolute Gasteiger partial charge is 0.368 e. The minimum Gasteiger partial charge on any atom is -0.368 e. The highest BCUT2D eigenvalue weighted by molar-refractivity contribution is 5.01. The summed E-state index contributed by atoms with van der Waals surface area (Å²) in [5.74, 6) is 2.74. The van der Waals surface area contributed by atoms with E-state index in [1.54, 1.807) is 0 Å². The van der Waals surface area contributed by atoms with Crippen LogP contribution in [0, 0.1) is 12.3 Å². The summed E-state index contributed by atoms with van der Waals surface area (Å²) in [6.07, 6.45) is 8.28. The zero-order chi connectivity index (χ0) is 12.4. The molecule has 92 valence electrons. The molecule has 1 rings (SSSR count). The van der Waals surface area contributed by atoms with Crippen molar-refractivity contribution in [3.05, 3.63) is 0 Å². The maximum Gasteiger partial charge on any atom is 0.0787 e.